The summed E-state index contributed by atoms with van der Waals surface area (Å²) in [5, 5.41) is 3.67. The Balaban J connectivity index is 2.20. The molecule has 21 heavy (non-hydrogen) atoms. The second kappa shape index (κ2) is 6.28. The molecule has 0 bridgehead atoms. The molecule has 0 saturated carbocycles. The Kier molecular flexibility index (Phi) is 4.84. The maximum absolute atomic E-state index is 12.7. The maximum atomic E-state index is 12.7. The van der Waals surface area contributed by atoms with Crippen LogP contribution in [0.2, 0.25) is 5.02 Å². The highest BCUT2D eigenvalue weighted by Crippen LogP contribution is 2.32. The molecule has 6 heteroatoms. The van der Waals surface area contributed by atoms with Crippen molar-refractivity contribution in [2.24, 2.45) is 0 Å². The van der Waals surface area contributed by atoms with Crippen LogP contribution < -0.4 is 5.32 Å². The van der Waals surface area contributed by atoms with Gasteiger partial charge in [-0.05, 0) is 58.7 Å². The smallest absolute Gasteiger partial charge is 0.378 e. The molecule has 0 radical (unpaired) electrons. The lowest BCUT2D eigenvalue weighted by molar-refractivity contribution is -0.137. The van der Waals surface area contributed by atoms with Gasteiger partial charge in [-0.15, -0.1) is 0 Å². The highest BCUT2D eigenvalue weighted by Gasteiger charge is 2.30. The second-order valence-corrected chi connectivity index (χ2v) is 5.88. The Morgan fingerprint density at radius 3 is 2.48 bits per heavy atom. The lowest BCUT2D eigenvalue weighted by atomic mass is 10.0. The third-order valence-electron chi connectivity index (χ3n) is 3.02. The van der Waals surface area contributed by atoms with Crippen molar-refractivity contribution in [3.63, 3.8) is 0 Å². The molecular formula is C15H12BrClF3N. The van der Waals surface area contributed by atoms with E-state index in [1.807, 2.05) is 0 Å². The van der Waals surface area contributed by atoms with Crippen molar-refractivity contribution in [3.05, 3.63) is 63.1 Å². The van der Waals surface area contributed by atoms with E-state index in [1.165, 1.54) is 6.07 Å². The summed E-state index contributed by atoms with van der Waals surface area (Å²) in [6, 6.07) is 10.3. The van der Waals surface area contributed by atoms with Crippen LogP contribution in [0.5, 0.6) is 0 Å². The molecule has 2 aromatic rings. The Hall–Kier alpha value is -1.20. The van der Waals surface area contributed by atoms with Gasteiger partial charge in [0.05, 0.1) is 10.6 Å². The molecule has 0 amide bonds. The van der Waals surface area contributed by atoms with Gasteiger partial charge in [-0.25, -0.2) is 0 Å². The summed E-state index contributed by atoms with van der Waals surface area (Å²) in [6.07, 6.45) is -4.34. The van der Waals surface area contributed by atoms with Gasteiger partial charge in [0, 0.05) is 16.2 Å². The molecular weight excluding hydrogens is 367 g/mol. The average Bonchev–Trinajstić information content (AvgIpc) is 2.42. The molecule has 0 aromatic heterocycles. The van der Waals surface area contributed by atoms with Crippen LogP contribution in [-0.4, -0.2) is 0 Å². The van der Waals surface area contributed by atoms with E-state index in [1.54, 1.807) is 31.2 Å². The van der Waals surface area contributed by atoms with Crippen LogP contribution in [0.25, 0.3) is 0 Å². The zero-order valence-corrected chi connectivity index (χ0v) is 13.4. The number of nitrogens with one attached hydrogen (secondary N) is 1. The van der Waals surface area contributed by atoms with Gasteiger partial charge in [0.2, 0.25) is 0 Å². The molecule has 1 N–H and O–H groups in total. The van der Waals surface area contributed by atoms with Gasteiger partial charge in [0.25, 0.3) is 0 Å². The molecule has 2 rings (SSSR count). The Morgan fingerprint density at radius 2 is 1.86 bits per heavy atom. The van der Waals surface area contributed by atoms with Gasteiger partial charge in [-0.1, -0.05) is 23.7 Å². The molecule has 0 fully saturated rings. The first-order chi connectivity index (χ1) is 9.77. The normalized spacial score (nSPS) is 13.0. The summed E-state index contributed by atoms with van der Waals surface area (Å²) < 4.78 is 38.9. The van der Waals surface area contributed by atoms with E-state index >= 15 is 0 Å². The minimum absolute atomic E-state index is 0.274. The second-order valence-electron chi connectivity index (χ2n) is 4.62. The number of hydrogen-bond acceptors (Lipinski definition) is 1. The van der Waals surface area contributed by atoms with Crippen LogP contribution in [0.3, 0.4) is 0 Å². The molecule has 0 aliphatic carbocycles. The fraction of sp³-hybridized carbons (Fsp3) is 0.200. The summed E-state index contributed by atoms with van der Waals surface area (Å²) in [6.45, 7) is 1.80. The van der Waals surface area contributed by atoms with Gasteiger partial charge in [0.1, 0.15) is 0 Å². The number of benzene rings is 2. The first-order valence-corrected chi connectivity index (χ1v) is 7.33. The molecule has 0 aliphatic rings. The van der Waals surface area contributed by atoms with Gasteiger partial charge in [-0.2, -0.15) is 13.2 Å². The van der Waals surface area contributed by atoms with Crippen molar-refractivity contribution < 1.29 is 13.2 Å². The zero-order valence-electron chi connectivity index (χ0n) is 11.0. The molecule has 0 aliphatic heterocycles. The zero-order chi connectivity index (χ0) is 15.6. The van der Waals surface area contributed by atoms with Crippen LogP contribution in [-0.2, 0) is 6.18 Å². The SMILES string of the molecule is CC(Nc1ccc(Br)c(Cl)c1)c1cccc(C(F)(F)F)c1. The fourth-order valence-electron chi connectivity index (χ4n) is 1.90. The lowest BCUT2D eigenvalue weighted by Crippen LogP contribution is -2.10. The maximum Gasteiger partial charge on any atom is 0.416 e. The number of hydrogen-bond donors (Lipinski definition) is 1. The highest BCUT2D eigenvalue weighted by atomic mass is 79.9. The summed E-state index contributed by atoms with van der Waals surface area (Å²) in [5.74, 6) is 0. The summed E-state index contributed by atoms with van der Waals surface area (Å²) in [5.41, 5.74) is 0.652. The standard InChI is InChI=1S/C15H12BrClF3N/c1-9(21-12-5-6-13(16)14(17)8-12)10-3-2-4-11(7-10)15(18,19)20/h2-9,21H,1H3. The van der Waals surface area contributed by atoms with Crippen molar-refractivity contribution in [1.82, 2.24) is 0 Å². The van der Waals surface area contributed by atoms with E-state index in [2.05, 4.69) is 21.2 Å². The predicted molar refractivity (Wildman–Crippen MR) is 82.6 cm³/mol. The Labute approximate surface area is 134 Å². The van der Waals surface area contributed by atoms with Gasteiger partial charge < -0.3 is 5.32 Å². The molecule has 1 unspecified atom stereocenters. The van der Waals surface area contributed by atoms with Crippen LogP contribution in [0.1, 0.15) is 24.1 Å². The van der Waals surface area contributed by atoms with Gasteiger partial charge >= 0.3 is 6.18 Å². The number of halogens is 5. The molecule has 1 nitrogen and oxygen atoms in total. The monoisotopic (exact) mass is 377 g/mol. The first kappa shape index (κ1) is 16.2. The Morgan fingerprint density at radius 1 is 1.14 bits per heavy atom. The van der Waals surface area contributed by atoms with E-state index in [0.29, 0.717) is 10.6 Å². The van der Waals surface area contributed by atoms with Crippen molar-refractivity contribution >= 4 is 33.2 Å². The predicted octanol–water partition coefficient (Wildman–Crippen LogP) is 6.29. The number of rotatable bonds is 3. The van der Waals surface area contributed by atoms with Crippen molar-refractivity contribution in [2.45, 2.75) is 19.1 Å². The minimum atomic E-state index is -4.34. The number of anilines is 1. The van der Waals surface area contributed by atoms with Crippen molar-refractivity contribution in [1.29, 1.82) is 0 Å². The topological polar surface area (TPSA) is 12.0 Å². The van der Waals surface area contributed by atoms with Crippen LogP contribution in [0.15, 0.2) is 46.9 Å². The van der Waals surface area contributed by atoms with Crippen molar-refractivity contribution in [2.75, 3.05) is 5.32 Å². The van der Waals surface area contributed by atoms with Gasteiger partial charge in [-0.3, -0.25) is 0 Å². The van der Waals surface area contributed by atoms with Crippen molar-refractivity contribution in [3.8, 4) is 0 Å². The summed E-state index contributed by atoms with van der Waals surface area (Å²) in [4.78, 5) is 0. The van der Waals surface area contributed by atoms with Crippen LogP contribution >= 0.6 is 27.5 Å². The third-order valence-corrected chi connectivity index (χ3v) is 4.25. The summed E-state index contributed by atoms with van der Waals surface area (Å²) in [7, 11) is 0. The van der Waals surface area contributed by atoms with E-state index in [0.717, 1.165) is 22.3 Å². The fourth-order valence-corrected chi connectivity index (χ4v) is 2.33. The quantitative estimate of drug-likeness (QED) is 0.661. The first-order valence-electron chi connectivity index (χ1n) is 6.16. The van der Waals surface area contributed by atoms with E-state index in [4.69, 9.17) is 11.6 Å². The van der Waals surface area contributed by atoms with E-state index in [9.17, 15) is 13.2 Å². The van der Waals surface area contributed by atoms with Crippen LogP contribution in [0, 0.1) is 0 Å². The van der Waals surface area contributed by atoms with E-state index in [-0.39, 0.29) is 6.04 Å². The Bertz CT molecular complexity index is 643. The molecule has 112 valence electrons. The molecule has 2 aromatic carbocycles. The molecule has 1 atom stereocenters. The molecule has 0 spiro atoms. The average molecular weight is 379 g/mol. The van der Waals surface area contributed by atoms with Gasteiger partial charge in [0.15, 0.2) is 0 Å². The third kappa shape index (κ3) is 4.14. The highest BCUT2D eigenvalue weighted by molar-refractivity contribution is 9.10. The summed E-state index contributed by atoms with van der Waals surface area (Å²) >= 11 is 9.28. The molecule has 0 heterocycles. The van der Waals surface area contributed by atoms with Crippen LogP contribution in [0.4, 0.5) is 18.9 Å². The van der Waals surface area contributed by atoms with E-state index < -0.39 is 11.7 Å². The largest absolute Gasteiger partial charge is 0.416 e. The minimum Gasteiger partial charge on any atom is -0.378 e. The molecule has 0 saturated heterocycles. The number of alkyl halides is 3. The lowest BCUT2D eigenvalue weighted by Gasteiger charge is -2.17.